The van der Waals surface area contributed by atoms with Crippen molar-refractivity contribution in [2.45, 2.75) is 32.6 Å². The van der Waals surface area contributed by atoms with Gasteiger partial charge in [-0.1, -0.05) is 18.2 Å². The van der Waals surface area contributed by atoms with Gasteiger partial charge in [-0.15, -0.1) is 0 Å². The highest BCUT2D eigenvalue weighted by atomic mass is 16.5. The van der Waals surface area contributed by atoms with Crippen LogP contribution in [0.2, 0.25) is 0 Å². The lowest BCUT2D eigenvalue weighted by Crippen LogP contribution is -2.38. The standard InChI is InChI=1S/C22H23N5O2/c1-15-19(14-25-16(2)26-15)22(28)27-12-8-17(9-13-27)20-21(24-11-10-23-20)29-18-6-4-3-5-7-18/h3-7,10-11,14,17H,8-9,12-13H2,1-2H3. The van der Waals surface area contributed by atoms with E-state index in [9.17, 15) is 4.79 Å². The number of carbonyl (C=O) groups is 1. The van der Waals surface area contributed by atoms with Gasteiger partial charge in [-0.25, -0.2) is 15.0 Å². The second-order valence-corrected chi connectivity index (χ2v) is 7.14. The first-order valence-electron chi connectivity index (χ1n) is 9.75. The van der Waals surface area contributed by atoms with Crippen LogP contribution in [-0.4, -0.2) is 43.8 Å². The first kappa shape index (κ1) is 19.0. The summed E-state index contributed by atoms with van der Waals surface area (Å²) in [5.74, 6) is 2.12. The second kappa shape index (κ2) is 8.34. The maximum Gasteiger partial charge on any atom is 0.257 e. The molecule has 0 unspecified atom stereocenters. The Balaban J connectivity index is 1.45. The molecule has 0 N–H and O–H groups in total. The molecule has 3 aromatic rings. The van der Waals surface area contributed by atoms with Gasteiger partial charge in [-0.05, 0) is 38.8 Å². The Hall–Kier alpha value is -3.35. The molecular weight excluding hydrogens is 366 g/mol. The summed E-state index contributed by atoms with van der Waals surface area (Å²) in [6, 6.07) is 9.58. The van der Waals surface area contributed by atoms with Crippen LogP contribution >= 0.6 is 0 Å². The zero-order valence-corrected chi connectivity index (χ0v) is 16.6. The van der Waals surface area contributed by atoms with Crippen molar-refractivity contribution in [1.82, 2.24) is 24.8 Å². The van der Waals surface area contributed by atoms with E-state index in [4.69, 9.17) is 4.74 Å². The molecule has 1 fully saturated rings. The number of benzene rings is 1. The summed E-state index contributed by atoms with van der Waals surface area (Å²) in [5, 5.41) is 0. The number of piperidine rings is 1. The zero-order chi connectivity index (χ0) is 20.2. The number of ether oxygens (including phenoxy) is 1. The predicted octanol–water partition coefficient (Wildman–Crippen LogP) is 3.70. The number of aromatic nitrogens is 4. The van der Waals surface area contributed by atoms with Crippen molar-refractivity contribution in [1.29, 1.82) is 0 Å². The number of hydrogen-bond acceptors (Lipinski definition) is 6. The van der Waals surface area contributed by atoms with Crippen molar-refractivity contribution in [2.75, 3.05) is 13.1 Å². The van der Waals surface area contributed by atoms with Crippen LogP contribution in [0.1, 0.15) is 46.3 Å². The molecule has 3 heterocycles. The molecule has 0 bridgehead atoms. The fraction of sp³-hybridized carbons (Fsp3) is 0.318. The highest BCUT2D eigenvalue weighted by molar-refractivity contribution is 5.95. The van der Waals surface area contributed by atoms with Crippen LogP contribution in [0.3, 0.4) is 0 Å². The summed E-state index contributed by atoms with van der Waals surface area (Å²) < 4.78 is 5.96. The predicted molar refractivity (Wildman–Crippen MR) is 108 cm³/mol. The molecule has 0 atom stereocenters. The highest BCUT2D eigenvalue weighted by Gasteiger charge is 2.28. The summed E-state index contributed by atoms with van der Waals surface area (Å²) in [4.78, 5) is 32.2. The third kappa shape index (κ3) is 4.23. The average molecular weight is 389 g/mol. The number of rotatable bonds is 4. The largest absolute Gasteiger partial charge is 0.437 e. The van der Waals surface area contributed by atoms with E-state index in [0.717, 1.165) is 30.0 Å². The zero-order valence-electron chi connectivity index (χ0n) is 16.6. The molecule has 148 valence electrons. The number of amides is 1. The van der Waals surface area contributed by atoms with Crippen molar-refractivity contribution in [3.05, 3.63) is 71.7 Å². The molecule has 7 nitrogen and oxygen atoms in total. The minimum Gasteiger partial charge on any atom is -0.437 e. The SMILES string of the molecule is Cc1ncc(C(=O)N2CCC(c3nccnc3Oc3ccccc3)CC2)c(C)n1. The number of para-hydroxylation sites is 1. The smallest absolute Gasteiger partial charge is 0.257 e. The third-order valence-corrected chi connectivity index (χ3v) is 5.15. The molecule has 0 radical (unpaired) electrons. The molecule has 1 aromatic carbocycles. The first-order chi connectivity index (χ1) is 14.1. The van der Waals surface area contributed by atoms with E-state index < -0.39 is 0 Å². The van der Waals surface area contributed by atoms with Crippen LogP contribution in [0, 0.1) is 13.8 Å². The Bertz CT molecular complexity index is 1000. The minimum absolute atomic E-state index is 0.0131. The second-order valence-electron chi connectivity index (χ2n) is 7.14. The normalized spacial score (nSPS) is 14.6. The van der Waals surface area contributed by atoms with Crippen molar-refractivity contribution in [3.63, 3.8) is 0 Å². The maximum absolute atomic E-state index is 12.9. The van der Waals surface area contributed by atoms with Crippen LogP contribution < -0.4 is 4.74 Å². The van der Waals surface area contributed by atoms with E-state index >= 15 is 0 Å². The van der Waals surface area contributed by atoms with Gasteiger partial charge in [0.25, 0.3) is 5.91 Å². The van der Waals surface area contributed by atoms with Gasteiger partial charge in [0, 0.05) is 37.6 Å². The van der Waals surface area contributed by atoms with E-state index in [0.29, 0.717) is 30.4 Å². The van der Waals surface area contributed by atoms with Crippen LogP contribution in [0.4, 0.5) is 0 Å². The molecule has 0 aliphatic carbocycles. The molecule has 2 aromatic heterocycles. The van der Waals surface area contributed by atoms with Crippen LogP contribution in [-0.2, 0) is 0 Å². The number of nitrogens with zero attached hydrogens (tertiary/aromatic N) is 5. The van der Waals surface area contributed by atoms with E-state index in [1.165, 1.54) is 0 Å². The van der Waals surface area contributed by atoms with Gasteiger partial charge in [-0.3, -0.25) is 9.78 Å². The van der Waals surface area contributed by atoms with Crippen LogP contribution in [0.5, 0.6) is 11.6 Å². The molecular formula is C22H23N5O2. The molecule has 7 heteroatoms. The van der Waals surface area contributed by atoms with Crippen molar-refractivity contribution < 1.29 is 9.53 Å². The monoisotopic (exact) mass is 389 g/mol. The van der Waals surface area contributed by atoms with Crippen molar-refractivity contribution in [3.8, 4) is 11.6 Å². The summed E-state index contributed by atoms with van der Waals surface area (Å²) in [7, 11) is 0. The Morgan fingerprint density at radius 3 is 2.48 bits per heavy atom. The van der Waals surface area contributed by atoms with Gasteiger partial charge in [0.2, 0.25) is 5.88 Å². The van der Waals surface area contributed by atoms with E-state index in [-0.39, 0.29) is 11.8 Å². The summed E-state index contributed by atoms with van der Waals surface area (Å²) in [6.07, 6.45) is 6.57. The van der Waals surface area contributed by atoms with Gasteiger partial charge in [0.1, 0.15) is 17.3 Å². The molecule has 0 saturated carbocycles. The van der Waals surface area contributed by atoms with Gasteiger partial charge in [0.05, 0.1) is 11.3 Å². The van der Waals surface area contributed by atoms with E-state index in [1.54, 1.807) is 18.6 Å². The first-order valence-corrected chi connectivity index (χ1v) is 9.75. The lowest BCUT2D eigenvalue weighted by atomic mass is 9.93. The Morgan fingerprint density at radius 2 is 1.76 bits per heavy atom. The molecule has 4 rings (SSSR count). The number of carbonyl (C=O) groups excluding carboxylic acids is 1. The van der Waals surface area contributed by atoms with E-state index in [1.807, 2.05) is 49.1 Å². The van der Waals surface area contributed by atoms with Gasteiger partial charge in [0.15, 0.2) is 0 Å². The summed E-state index contributed by atoms with van der Waals surface area (Å²) in [5.41, 5.74) is 2.14. The van der Waals surface area contributed by atoms with Gasteiger partial charge in [-0.2, -0.15) is 0 Å². The van der Waals surface area contributed by atoms with Gasteiger partial charge >= 0.3 is 0 Å². The van der Waals surface area contributed by atoms with Crippen LogP contribution in [0.15, 0.2) is 48.9 Å². The molecule has 1 amide bonds. The van der Waals surface area contributed by atoms with E-state index in [2.05, 4.69) is 19.9 Å². The fourth-order valence-corrected chi connectivity index (χ4v) is 3.61. The fourth-order valence-electron chi connectivity index (χ4n) is 3.61. The maximum atomic E-state index is 12.9. The van der Waals surface area contributed by atoms with Crippen molar-refractivity contribution >= 4 is 5.91 Å². The van der Waals surface area contributed by atoms with Crippen LogP contribution in [0.25, 0.3) is 0 Å². The average Bonchev–Trinajstić information content (AvgIpc) is 2.75. The minimum atomic E-state index is -0.0131. The topological polar surface area (TPSA) is 81.1 Å². The summed E-state index contributed by atoms with van der Waals surface area (Å²) >= 11 is 0. The Kier molecular flexibility index (Phi) is 5.46. The number of aryl methyl sites for hydroxylation is 2. The quantitative estimate of drug-likeness (QED) is 0.677. The molecule has 29 heavy (non-hydrogen) atoms. The molecule has 1 aliphatic rings. The van der Waals surface area contributed by atoms with Gasteiger partial charge < -0.3 is 9.64 Å². The molecule has 1 aliphatic heterocycles. The number of hydrogen-bond donors (Lipinski definition) is 0. The highest BCUT2D eigenvalue weighted by Crippen LogP contribution is 2.33. The lowest BCUT2D eigenvalue weighted by molar-refractivity contribution is 0.0710. The lowest BCUT2D eigenvalue weighted by Gasteiger charge is -2.32. The molecule has 1 saturated heterocycles. The summed E-state index contributed by atoms with van der Waals surface area (Å²) in [6.45, 7) is 4.97. The third-order valence-electron chi connectivity index (χ3n) is 5.15. The molecule has 0 spiro atoms. The Labute approximate surface area is 169 Å². The van der Waals surface area contributed by atoms with Crippen molar-refractivity contribution in [2.24, 2.45) is 0 Å². The Morgan fingerprint density at radius 1 is 1.03 bits per heavy atom. The number of likely N-dealkylation sites (tertiary alicyclic amines) is 1.